The van der Waals surface area contributed by atoms with Crippen LogP contribution in [-0.2, 0) is 11.3 Å². The van der Waals surface area contributed by atoms with Crippen molar-refractivity contribution < 1.29 is 22.6 Å². The van der Waals surface area contributed by atoms with Crippen LogP contribution in [0.5, 0.6) is 5.75 Å². The third-order valence-corrected chi connectivity index (χ3v) is 3.17. The van der Waals surface area contributed by atoms with Gasteiger partial charge in [0.05, 0.1) is 18.5 Å². The zero-order chi connectivity index (χ0) is 16.4. The molecule has 0 saturated heterocycles. The van der Waals surface area contributed by atoms with Gasteiger partial charge in [-0.05, 0) is 23.8 Å². The highest BCUT2D eigenvalue weighted by molar-refractivity contribution is 5.65. The van der Waals surface area contributed by atoms with E-state index in [-0.39, 0.29) is 12.4 Å². The fraction of sp³-hybridized carbons (Fsp3) is 0.200. The second-order valence-electron chi connectivity index (χ2n) is 4.77. The fourth-order valence-electron chi connectivity index (χ4n) is 2.26. The van der Waals surface area contributed by atoms with E-state index in [0.717, 1.165) is 0 Å². The molecule has 8 heteroatoms. The fourth-order valence-corrected chi connectivity index (χ4v) is 2.26. The van der Waals surface area contributed by atoms with Crippen molar-refractivity contribution in [3.05, 3.63) is 48.5 Å². The third-order valence-electron chi connectivity index (χ3n) is 3.17. The minimum Gasteiger partial charge on any atom is -0.406 e. The SMILES string of the molecule is COCc1cc(OC(F)(F)F)ccc1-c1cn2ccnc2cn1. The van der Waals surface area contributed by atoms with E-state index < -0.39 is 6.36 Å². The molecule has 0 bridgehead atoms. The molecule has 3 aromatic rings. The summed E-state index contributed by atoms with van der Waals surface area (Å²) in [7, 11) is 1.47. The van der Waals surface area contributed by atoms with Crippen LogP contribution in [0.4, 0.5) is 13.2 Å². The van der Waals surface area contributed by atoms with E-state index >= 15 is 0 Å². The van der Waals surface area contributed by atoms with Crippen LogP contribution in [0.15, 0.2) is 43.0 Å². The number of aromatic nitrogens is 3. The number of alkyl halides is 3. The molecule has 0 radical (unpaired) electrons. The lowest BCUT2D eigenvalue weighted by Crippen LogP contribution is -2.17. The second-order valence-corrected chi connectivity index (χ2v) is 4.77. The van der Waals surface area contributed by atoms with Gasteiger partial charge in [0.2, 0.25) is 0 Å². The average molecular weight is 323 g/mol. The molecule has 0 unspecified atom stereocenters. The molecule has 0 atom stereocenters. The van der Waals surface area contributed by atoms with Crippen molar-refractivity contribution in [3.8, 4) is 17.0 Å². The molecule has 1 aromatic carbocycles. The smallest absolute Gasteiger partial charge is 0.406 e. The van der Waals surface area contributed by atoms with Crippen molar-refractivity contribution >= 4 is 5.65 Å². The molecule has 0 spiro atoms. The molecule has 0 saturated carbocycles. The van der Waals surface area contributed by atoms with Crippen LogP contribution >= 0.6 is 0 Å². The highest BCUT2D eigenvalue weighted by atomic mass is 19.4. The van der Waals surface area contributed by atoms with Gasteiger partial charge in [-0.15, -0.1) is 13.2 Å². The van der Waals surface area contributed by atoms with E-state index in [1.807, 2.05) is 0 Å². The monoisotopic (exact) mass is 323 g/mol. The van der Waals surface area contributed by atoms with Crippen molar-refractivity contribution in [1.29, 1.82) is 0 Å². The minimum atomic E-state index is -4.74. The number of benzene rings is 1. The van der Waals surface area contributed by atoms with Crippen LogP contribution in [0.2, 0.25) is 0 Å². The summed E-state index contributed by atoms with van der Waals surface area (Å²) in [4.78, 5) is 8.39. The molecule has 0 aliphatic carbocycles. The van der Waals surface area contributed by atoms with Crippen LogP contribution in [0.25, 0.3) is 16.9 Å². The highest BCUT2D eigenvalue weighted by Gasteiger charge is 2.31. The minimum absolute atomic E-state index is 0.133. The zero-order valence-electron chi connectivity index (χ0n) is 12.0. The summed E-state index contributed by atoms with van der Waals surface area (Å²) in [5.41, 5.74) is 2.48. The van der Waals surface area contributed by atoms with Crippen molar-refractivity contribution in [2.45, 2.75) is 13.0 Å². The third kappa shape index (κ3) is 3.42. The van der Waals surface area contributed by atoms with Gasteiger partial charge in [-0.25, -0.2) is 4.98 Å². The van der Waals surface area contributed by atoms with Gasteiger partial charge in [0.1, 0.15) is 5.75 Å². The number of imidazole rings is 1. The largest absolute Gasteiger partial charge is 0.573 e. The molecule has 23 heavy (non-hydrogen) atoms. The van der Waals surface area contributed by atoms with Crippen molar-refractivity contribution in [3.63, 3.8) is 0 Å². The Labute approximate surface area is 129 Å². The predicted molar refractivity (Wildman–Crippen MR) is 75.8 cm³/mol. The molecule has 0 fully saturated rings. The summed E-state index contributed by atoms with van der Waals surface area (Å²) < 4.78 is 47.8. The van der Waals surface area contributed by atoms with Gasteiger partial charge >= 0.3 is 6.36 Å². The number of methoxy groups -OCH3 is 1. The molecule has 0 N–H and O–H groups in total. The van der Waals surface area contributed by atoms with Gasteiger partial charge < -0.3 is 13.9 Å². The van der Waals surface area contributed by atoms with Gasteiger partial charge in [0, 0.05) is 31.3 Å². The molecule has 0 aliphatic heterocycles. The Kier molecular flexibility index (Phi) is 3.91. The van der Waals surface area contributed by atoms with E-state index in [0.29, 0.717) is 22.5 Å². The Morgan fingerprint density at radius 1 is 1.22 bits per heavy atom. The lowest BCUT2D eigenvalue weighted by molar-refractivity contribution is -0.274. The summed E-state index contributed by atoms with van der Waals surface area (Å²) >= 11 is 0. The molecule has 120 valence electrons. The Balaban J connectivity index is 2.03. The van der Waals surface area contributed by atoms with Crippen LogP contribution in [0.3, 0.4) is 0 Å². The van der Waals surface area contributed by atoms with Crippen LogP contribution in [0.1, 0.15) is 5.56 Å². The van der Waals surface area contributed by atoms with Crippen LogP contribution in [-0.4, -0.2) is 27.8 Å². The predicted octanol–water partition coefficient (Wildman–Crippen LogP) is 3.44. The number of halogens is 3. The first-order valence-electron chi connectivity index (χ1n) is 6.63. The topological polar surface area (TPSA) is 48.7 Å². The van der Waals surface area contributed by atoms with E-state index in [1.165, 1.54) is 25.3 Å². The molecule has 2 heterocycles. The van der Waals surface area contributed by atoms with Crippen molar-refractivity contribution in [1.82, 2.24) is 14.4 Å². The first-order valence-corrected chi connectivity index (χ1v) is 6.63. The number of fused-ring (bicyclic) bond motifs is 1. The van der Waals surface area contributed by atoms with E-state index in [9.17, 15) is 13.2 Å². The van der Waals surface area contributed by atoms with E-state index in [4.69, 9.17) is 4.74 Å². The number of rotatable bonds is 4. The standard InChI is InChI=1S/C15H12F3N3O2/c1-22-9-10-6-11(23-15(16,17)18)2-3-12(10)13-8-21-5-4-19-14(21)7-20-13/h2-8H,9H2,1H3. The maximum Gasteiger partial charge on any atom is 0.573 e. The van der Waals surface area contributed by atoms with Gasteiger partial charge in [0.25, 0.3) is 0 Å². The normalized spacial score (nSPS) is 11.8. The first kappa shape index (κ1) is 15.3. The van der Waals surface area contributed by atoms with Gasteiger partial charge in [-0.3, -0.25) is 4.98 Å². The quantitative estimate of drug-likeness (QED) is 0.738. The molecular formula is C15H12F3N3O2. The van der Waals surface area contributed by atoms with E-state index in [2.05, 4.69) is 14.7 Å². The summed E-state index contributed by atoms with van der Waals surface area (Å²) in [5, 5.41) is 0. The maximum absolute atomic E-state index is 12.3. The first-order chi connectivity index (χ1) is 11.0. The maximum atomic E-state index is 12.3. The Bertz CT molecular complexity index is 830. The summed E-state index contributed by atoms with van der Waals surface area (Å²) in [6.45, 7) is 0.133. The van der Waals surface area contributed by atoms with Crippen LogP contribution < -0.4 is 4.74 Å². The van der Waals surface area contributed by atoms with Crippen molar-refractivity contribution in [2.75, 3.05) is 7.11 Å². The molecule has 0 aliphatic rings. The summed E-state index contributed by atoms with van der Waals surface area (Å²) in [5.74, 6) is -0.294. The van der Waals surface area contributed by atoms with Gasteiger partial charge in [-0.2, -0.15) is 0 Å². The Morgan fingerprint density at radius 2 is 2.04 bits per heavy atom. The Morgan fingerprint density at radius 3 is 2.78 bits per heavy atom. The van der Waals surface area contributed by atoms with Gasteiger partial charge in [-0.1, -0.05) is 0 Å². The second kappa shape index (κ2) is 5.88. The summed E-state index contributed by atoms with van der Waals surface area (Å²) in [6, 6.07) is 4.08. The highest BCUT2D eigenvalue weighted by Crippen LogP contribution is 2.30. The lowest BCUT2D eigenvalue weighted by Gasteiger charge is -2.13. The van der Waals surface area contributed by atoms with E-state index in [1.54, 1.807) is 29.2 Å². The van der Waals surface area contributed by atoms with Crippen LogP contribution in [0, 0.1) is 0 Å². The molecular weight excluding hydrogens is 311 g/mol. The number of hydrogen-bond donors (Lipinski definition) is 0. The molecule has 0 amide bonds. The average Bonchev–Trinajstić information content (AvgIpc) is 2.93. The van der Waals surface area contributed by atoms with Crippen molar-refractivity contribution in [2.24, 2.45) is 0 Å². The Hall–Kier alpha value is -2.61. The van der Waals surface area contributed by atoms with Gasteiger partial charge in [0.15, 0.2) is 5.65 Å². The molecule has 3 rings (SSSR count). The number of hydrogen-bond acceptors (Lipinski definition) is 4. The lowest BCUT2D eigenvalue weighted by atomic mass is 10.0. The number of nitrogens with zero attached hydrogens (tertiary/aromatic N) is 3. The summed E-state index contributed by atoms with van der Waals surface area (Å²) in [6.07, 6.45) is 2.00. The molecule has 2 aromatic heterocycles. The zero-order valence-corrected chi connectivity index (χ0v) is 12.0. The molecule has 5 nitrogen and oxygen atoms in total. The number of ether oxygens (including phenoxy) is 2.